The fourth-order valence-corrected chi connectivity index (χ4v) is 2.56. The second kappa shape index (κ2) is 4.29. The molecule has 1 atom stereocenters. The third-order valence-corrected chi connectivity index (χ3v) is 3.60. The van der Waals surface area contributed by atoms with Gasteiger partial charge in [-0.25, -0.2) is 9.48 Å². The Morgan fingerprint density at radius 2 is 2.44 bits per heavy atom. The van der Waals surface area contributed by atoms with Gasteiger partial charge in [0.25, 0.3) is 5.56 Å². The molecule has 2 heterocycles. The summed E-state index contributed by atoms with van der Waals surface area (Å²) in [6.45, 7) is 1.46. The lowest BCUT2D eigenvalue weighted by atomic mass is 10.2. The summed E-state index contributed by atoms with van der Waals surface area (Å²) in [5, 5.41) is 13.0. The van der Waals surface area contributed by atoms with E-state index in [9.17, 15) is 9.59 Å². The van der Waals surface area contributed by atoms with Crippen LogP contribution < -0.4 is 5.56 Å². The second-order valence-electron chi connectivity index (χ2n) is 3.72. The van der Waals surface area contributed by atoms with E-state index < -0.39 is 12.0 Å². The van der Waals surface area contributed by atoms with Gasteiger partial charge < -0.3 is 5.11 Å². The van der Waals surface area contributed by atoms with Gasteiger partial charge in [0.2, 0.25) is 0 Å². The molecule has 0 saturated carbocycles. The molecule has 1 aromatic rings. The minimum Gasteiger partial charge on any atom is -0.480 e. The minimum atomic E-state index is -1.04. The highest BCUT2D eigenvalue weighted by molar-refractivity contribution is 7.98. The second-order valence-corrected chi connectivity index (χ2v) is 4.82. The molecular formula is C10H12N2O3S. The van der Waals surface area contributed by atoms with Crippen LogP contribution in [0.2, 0.25) is 0 Å². The first-order valence-corrected chi connectivity index (χ1v) is 6.17. The van der Waals surface area contributed by atoms with E-state index in [2.05, 4.69) is 5.10 Å². The molecule has 1 aliphatic heterocycles. The number of aliphatic carboxylic acids is 1. The number of carboxylic acid groups (broad SMARTS) is 1. The van der Waals surface area contributed by atoms with E-state index in [1.807, 2.05) is 0 Å². The van der Waals surface area contributed by atoms with Crippen molar-refractivity contribution in [3.63, 3.8) is 0 Å². The fraction of sp³-hybridized carbons (Fsp3) is 0.500. The van der Waals surface area contributed by atoms with Crippen molar-refractivity contribution in [1.29, 1.82) is 0 Å². The van der Waals surface area contributed by atoms with Crippen molar-refractivity contribution in [2.24, 2.45) is 0 Å². The zero-order valence-corrected chi connectivity index (χ0v) is 9.66. The Hall–Kier alpha value is -1.30. The number of hydrogen-bond donors (Lipinski definition) is 1. The van der Waals surface area contributed by atoms with Gasteiger partial charge >= 0.3 is 5.97 Å². The molecule has 1 aromatic heterocycles. The maximum atomic E-state index is 11.7. The normalized spacial score (nSPS) is 16.6. The van der Waals surface area contributed by atoms with Crippen molar-refractivity contribution >= 4 is 17.7 Å². The highest BCUT2D eigenvalue weighted by Crippen LogP contribution is 2.21. The molecule has 0 aromatic carbocycles. The lowest BCUT2D eigenvalue weighted by Crippen LogP contribution is -2.32. The van der Waals surface area contributed by atoms with Crippen LogP contribution in [0.25, 0.3) is 0 Å². The smallest absolute Gasteiger partial charge is 0.328 e. The molecule has 1 unspecified atom stereocenters. The zero-order chi connectivity index (χ0) is 11.7. The standard InChI is InChI=1S/C10H12N2O3S/c1-6(10(14)15)12-9(13)4-7-5-16-3-2-8(7)11-12/h4,6H,2-3,5H2,1H3,(H,14,15). The average molecular weight is 240 g/mol. The van der Waals surface area contributed by atoms with E-state index in [0.717, 1.165) is 33.9 Å². The lowest BCUT2D eigenvalue weighted by Gasteiger charge is -2.17. The van der Waals surface area contributed by atoms with Crippen LogP contribution in [0.3, 0.4) is 0 Å². The number of nitrogens with zero attached hydrogens (tertiary/aromatic N) is 2. The van der Waals surface area contributed by atoms with Gasteiger partial charge in [0.05, 0.1) is 5.69 Å². The van der Waals surface area contributed by atoms with E-state index in [1.165, 1.54) is 13.0 Å². The van der Waals surface area contributed by atoms with E-state index >= 15 is 0 Å². The van der Waals surface area contributed by atoms with Gasteiger partial charge in [-0.1, -0.05) is 0 Å². The van der Waals surface area contributed by atoms with E-state index in [-0.39, 0.29) is 5.56 Å². The Balaban J connectivity index is 2.47. The Morgan fingerprint density at radius 1 is 1.69 bits per heavy atom. The van der Waals surface area contributed by atoms with Gasteiger partial charge in [0, 0.05) is 18.2 Å². The van der Waals surface area contributed by atoms with Crippen molar-refractivity contribution in [2.45, 2.75) is 25.1 Å². The molecule has 2 rings (SSSR count). The molecule has 0 amide bonds. The maximum Gasteiger partial charge on any atom is 0.328 e. The Labute approximate surface area is 96.5 Å². The first kappa shape index (κ1) is 11.2. The van der Waals surface area contributed by atoms with Gasteiger partial charge in [0.15, 0.2) is 6.04 Å². The third kappa shape index (κ3) is 1.97. The van der Waals surface area contributed by atoms with E-state index in [1.54, 1.807) is 11.8 Å². The van der Waals surface area contributed by atoms with Crippen molar-refractivity contribution < 1.29 is 9.90 Å². The van der Waals surface area contributed by atoms with Crippen LogP contribution in [0.5, 0.6) is 0 Å². The molecule has 0 aliphatic carbocycles. The van der Waals surface area contributed by atoms with Crippen LogP contribution in [-0.2, 0) is 17.0 Å². The first-order valence-electron chi connectivity index (χ1n) is 5.02. The maximum absolute atomic E-state index is 11.7. The average Bonchev–Trinajstić information content (AvgIpc) is 2.27. The summed E-state index contributed by atoms with van der Waals surface area (Å²) >= 11 is 1.76. The predicted octanol–water partition coefficient (Wildman–Crippen LogP) is 0.678. The number of carboxylic acids is 1. The van der Waals surface area contributed by atoms with Crippen LogP contribution in [0.4, 0.5) is 0 Å². The van der Waals surface area contributed by atoms with E-state index in [0.29, 0.717) is 0 Å². The van der Waals surface area contributed by atoms with E-state index in [4.69, 9.17) is 5.11 Å². The summed E-state index contributed by atoms with van der Waals surface area (Å²) in [4.78, 5) is 22.5. The van der Waals surface area contributed by atoms with Gasteiger partial charge in [-0.15, -0.1) is 0 Å². The van der Waals surface area contributed by atoms with Crippen LogP contribution in [0, 0.1) is 0 Å². The van der Waals surface area contributed by atoms with Crippen LogP contribution in [-0.4, -0.2) is 26.6 Å². The van der Waals surface area contributed by atoms with Crippen molar-refractivity contribution in [3.05, 3.63) is 27.7 Å². The number of fused-ring (bicyclic) bond motifs is 1. The SMILES string of the molecule is CC(C(=O)O)n1nc2c(cc1=O)CSCC2. The summed E-state index contributed by atoms with van der Waals surface area (Å²) in [6.07, 6.45) is 0.798. The number of rotatable bonds is 2. The monoisotopic (exact) mass is 240 g/mol. The molecular weight excluding hydrogens is 228 g/mol. The van der Waals surface area contributed by atoms with Crippen molar-refractivity contribution in [2.75, 3.05) is 5.75 Å². The summed E-state index contributed by atoms with van der Waals surface area (Å²) in [5.74, 6) is 0.722. The van der Waals surface area contributed by atoms with Gasteiger partial charge in [-0.3, -0.25) is 4.79 Å². The highest BCUT2D eigenvalue weighted by atomic mass is 32.2. The molecule has 5 nitrogen and oxygen atoms in total. The Kier molecular flexibility index (Phi) is 3.00. The lowest BCUT2D eigenvalue weighted by molar-refractivity contribution is -0.140. The predicted molar refractivity (Wildman–Crippen MR) is 60.7 cm³/mol. The topological polar surface area (TPSA) is 72.2 Å². The van der Waals surface area contributed by atoms with Gasteiger partial charge in [-0.2, -0.15) is 16.9 Å². The van der Waals surface area contributed by atoms with Crippen molar-refractivity contribution in [3.8, 4) is 0 Å². The molecule has 86 valence electrons. The van der Waals surface area contributed by atoms with Crippen molar-refractivity contribution in [1.82, 2.24) is 9.78 Å². The Morgan fingerprint density at radius 3 is 3.12 bits per heavy atom. The molecule has 0 saturated heterocycles. The number of hydrogen-bond acceptors (Lipinski definition) is 4. The number of thioether (sulfide) groups is 1. The quantitative estimate of drug-likeness (QED) is 0.823. The Bertz CT molecular complexity index is 483. The summed E-state index contributed by atoms with van der Waals surface area (Å²) < 4.78 is 1.05. The zero-order valence-electron chi connectivity index (χ0n) is 8.84. The number of carbonyl (C=O) groups is 1. The summed E-state index contributed by atoms with van der Waals surface area (Å²) in [5.41, 5.74) is 1.46. The third-order valence-electron chi connectivity index (χ3n) is 2.59. The molecule has 0 fully saturated rings. The minimum absolute atomic E-state index is 0.337. The summed E-state index contributed by atoms with van der Waals surface area (Å²) in [7, 11) is 0. The number of aryl methyl sites for hydroxylation is 1. The molecule has 1 aliphatic rings. The molecule has 1 N–H and O–H groups in total. The number of aromatic nitrogens is 2. The van der Waals surface area contributed by atoms with Crippen LogP contribution >= 0.6 is 11.8 Å². The van der Waals surface area contributed by atoms with Gasteiger partial charge in [0.1, 0.15) is 0 Å². The fourth-order valence-electron chi connectivity index (χ4n) is 1.61. The molecule has 0 bridgehead atoms. The molecule has 0 radical (unpaired) electrons. The van der Waals surface area contributed by atoms with Crippen LogP contribution in [0.15, 0.2) is 10.9 Å². The van der Waals surface area contributed by atoms with Crippen LogP contribution in [0.1, 0.15) is 24.2 Å². The van der Waals surface area contributed by atoms with Gasteiger partial charge in [-0.05, 0) is 18.2 Å². The summed E-state index contributed by atoms with van der Waals surface area (Å²) in [6, 6.07) is 0.598. The first-order chi connectivity index (χ1) is 7.59. The molecule has 16 heavy (non-hydrogen) atoms. The largest absolute Gasteiger partial charge is 0.480 e. The highest BCUT2D eigenvalue weighted by Gasteiger charge is 2.19. The molecule has 0 spiro atoms. The molecule has 6 heteroatoms.